The number of nitrogens with one attached hydrogen (secondary N) is 1. The maximum Gasteiger partial charge on any atom is 0.270 e. The quantitative estimate of drug-likeness (QED) is 0.851. The molecule has 102 valence electrons. The molecule has 0 bridgehead atoms. The van der Waals surface area contributed by atoms with Crippen molar-refractivity contribution in [2.24, 2.45) is 0 Å². The van der Waals surface area contributed by atoms with Crippen LogP contribution in [0.15, 0.2) is 28.2 Å². The van der Waals surface area contributed by atoms with Gasteiger partial charge in [-0.05, 0) is 31.9 Å². The van der Waals surface area contributed by atoms with E-state index in [0.717, 1.165) is 6.42 Å². The summed E-state index contributed by atoms with van der Waals surface area (Å²) in [6.07, 6.45) is 3.00. The molecule has 0 saturated carbocycles. The molecule has 19 heavy (non-hydrogen) atoms. The first-order chi connectivity index (χ1) is 9.20. The number of aromatic nitrogens is 1. The molecule has 0 aliphatic heterocycles. The van der Waals surface area contributed by atoms with Crippen molar-refractivity contribution in [3.63, 3.8) is 0 Å². The molecule has 2 aromatic heterocycles. The van der Waals surface area contributed by atoms with E-state index in [1.165, 1.54) is 11.3 Å². The van der Waals surface area contributed by atoms with Crippen molar-refractivity contribution in [1.82, 2.24) is 10.3 Å². The molecule has 0 fully saturated rings. The Hall–Kier alpha value is -1.66. The number of aliphatic hydroxyl groups is 1. The van der Waals surface area contributed by atoms with Gasteiger partial charge in [-0.3, -0.25) is 4.79 Å². The number of aliphatic hydroxyl groups excluding tert-OH is 1. The molecule has 0 radical (unpaired) electrons. The standard InChI is InChI=1S/C13H16N2O3S/c1-9(4-2-6-16)14-12(17)10-8-19-13(15-10)11-5-3-7-18-11/h3,5,7-9,16H,2,4,6H2,1H3,(H,14,17). The summed E-state index contributed by atoms with van der Waals surface area (Å²) in [4.78, 5) is 16.2. The minimum atomic E-state index is -0.195. The second kappa shape index (κ2) is 6.49. The van der Waals surface area contributed by atoms with Crippen LogP contribution in [0.5, 0.6) is 0 Å². The zero-order valence-electron chi connectivity index (χ0n) is 10.6. The molecule has 1 atom stereocenters. The lowest BCUT2D eigenvalue weighted by Gasteiger charge is -2.11. The van der Waals surface area contributed by atoms with Crippen molar-refractivity contribution in [2.75, 3.05) is 6.61 Å². The van der Waals surface area contributed by atoms with Gasteiger partial charge in [0, 0.05) is 18.0 Å². The van der Waals surface area contributed by atoms with Gasteiger partial charge in [0.1, 0.15) is 5.69 Å². The van der Waals surface area contributed by atoms with Crippen LogP contribution in [-0.2, 0) is 0 Å². The summed E-state index contributed by atoms with van der Waals surface area (Å²) in [5.74, 6) is 0.469. The Morgan fingerprint density at radius 2 is 2.47 bits per heavy atom. The summed E-state index contributed by atoms with van der Waals surface area (Å²) in [5.41, 5.74) is 0.396. The van der Waals surface area contributed by atoms with E-state index >= 15 is 0 Å². The van der Waals surface area contributed by atoms with Gasteiger partial charge >= 0.3 is 0 Å². The number of rotatable bonds is 6. The number of furan rings is 1. The molecule has 1 unspecified atom stereocenters. The van der Waals surface area contributed by atoms with Crippen molar-refractivity contribution in [3.8, 4) is 10.8 Å². The maximum atomic E-state index is 11.9. The number of amides is 1. The first-order valence-corrected chi connectivity index (χ1v) is 7.00. The van der Waals surface area contributed by atoms with Crippen LogP contribution in [0.2, 0.25) is 0 Å². The number of hydrogen-bond donors (Lipinski definition) is 2. The summed E-state index contributed by atoms with van der Waals surface area (Å²) in [5, 5.41) is 14.0. The third kappa shape index (κ3) is 3.65. The van der Waals surface area contributed by atoms with E-state index in [2.05, 4.69) is 10.3 Å². The molecular formula is C13H16N2O3S. The van der Waals surface area contributed by atoms with Gasteiger partial charge < -0.3 is 14.8 Å². The van der Waals surface area contributed by atoms with Crippen molar-refractivity contribution in [1.29, 1.82) is 0 Å². The lowest BCUT2D eigenvalue weighted by Crippen LogP contribution is -2.32. The van der Waals surface area contributed by atoms with Gasteiger partial charge in [0.25, 0.3) is 5.91 Å². The number of carbonyl (C=O) groups is 1. The number of carbonyl (C=O) groups excluding carboxylic acids is 1. The zero-order chi connectivity index (χ0) is 13.7. The van der Waals surface area contributed by atoms with Crippen molar-refractivity contribution < 1.29 is 14.3 Å². The Bertz CT molecular complexity index is 522. The van der Waals surface area contributed by atoms with Crippen LogP contribution in [-0.4, -0.2) is 28.6 Å². The molecule has 2 rings (SSSR count). The molecule has 2 heterocycles. The molecule has 2 aromatic rings. The normalized spacial score (nSPS) is 12.3. The highest BCUT2D eigenvalue weighted by atomic mass is 32.1. The van der Waals surface area contributed by atoms with Crippen LogP contribution in [0.1, 0.15) is 30.3 Å². The Kier molecular flexibility index (Phi) is 4.70. The third-order valence-corrected chi connectivity index (χ3v) is 3.50. The maximum absolute atomic E-state index is 11.9. The van der Waals surface area contributed by atoms with E-state index in [1.54, 1.807) is 17.7 Å². The van der Waals surface area contributed by atoms with Crippen LogP contribution < -0.4 is 5.32 Å². The van der Waals surface area contributed by atoms with Crippen LogP contribution in [0.4, 0.5) is 0 Å². The Balaban J connectivity index is 1.96. The van der Waals surface area contributed by atoms with Crippen molar-refractivity contribution in [3.05, 3.63) is 29.5 Å². The smallest absolute Gasteiger partial charge is 0.270 e. The molecular weight excluding hydrogens is 264 g/mol. The number of hydrogen-bond acceptors (Lipinski definition) is 5. The highest BCUT2D eigenvalue weighted by Gasteiger charge is 2.14. The first kappa shape index (κ1) is 13.8. The summed E-state index contributed by atoms with van der Waals surface area (Å²) < 4.78 is 5.24. The molecule has 0 spiro atoms. The summed E-state index contributed by atoms with van der Waals surface area (Å²) >= 11 is 1.37. The molecule has 0 aliphatic carbocycles. The Morgan fingerprint density at radius 3 is 3.16 bits per heavy atom. The van der Waals surface area contributed by atoms with Crippen molar-refractivity contribution >= 4 is 17.2 Å². The third-order valence-electron chi connectivity index (χ3n) is 2.64. The van der Waals surface area contributed by atoms with Gasteiger partial charge in [0.05, 0.1) is 6.26 Å². The number of nitrogens with zero attached hydrogens (tertiary/aromatic N) is 1. The first-order valence-electron chi connectivity index (χ1n) is 6.12. The van der Waals surface area contributed by atoms with E-state index < -0.39 is 0 Å². The fraction of sp³-hybridized carbons (Fsp3) is 0.385. The fourth-order valence-corrected chi connectivity index (χ4v) is 2.43. The summed E-state index contributed by atoms with van der Waals surface area (Å²) in [6, 6.07) is 3.62. The van der Waals surface area contributed by atoms with Crippen LogP contribution in [0, 0.1) is 0 Å². The van der Waals surface area contributed by atoms with E-state index in [4.69, 9.17) is 9.52 Å². The highest BCUT2D eigenvalue weighted by Crippen LogP contribution is 2.23. The second-order valence-electron chi connectivity index (χ2n) is 4.26. The predicted molar refractivity (Wildman–Crippen MR) is 73.1 cm³/mol. The molecule has 0 aliphatic rings. The molecule has 1 amide bonds. The van der Waals surface area contributed by atoms with Gasteiger partial charge in [-0.1, -0.05) is 0 Å². The van der Waals surface area contributed by atoms with Gasteiger partial charge in [0.15, 0.2) is 10.8 Å². The molecule has 6 heteroatoms. The minimum Gasteiger partial charge on any atom is -0.462 e. The van der Waals surface area contributed by atoms with Crippen molar-refractivity contribution in [2.45, 2.75) is 25.8 Å². The minimum absolute atomic E-state index is 0.0217. The zero-order valence-corrected chi connectivity index (χ0v) is 11.4. The van der Waals surface area contributed by atoms with Gasteiger partial charge in [0.2, 0.25) is 0 Å². The fourth-order valence-electron chi connectivity index (χ4n) is 1.66. The SMILES string of the molecule is CC(CCCO)NC(=O)c1csc(-c2ccco2)n1. The molecule has 5 nitrogen and oxygen atoms in total. The molecule has 2 N–H and O–H groups in total. The largest absolute Gasteiger partial charge is 0.462 e. The predicted octanol–water partition coefficient (Wildman–Crippen LogP) is 2.29. The molecule has 0 aromatic carbocycles. The monoisotopic (exact) mass is 280 g/mol. The second-order valence-corrected chi connectivity index (χ2v) is 5.11. The van der Waals surface area contributed by atoms with Crippen LogP contribution in [0.25, 0.3) is 10.8 Å². The lowest BCUT2D eigenvalue weighted by atomic mass is 10.2. The lowest BCUT2D eigenvalue weighted by molar-refractivity contribution is 0.0932. The number of thiazole rings is 1. The van der Waals surface area contributed by atoms with Gasteiger partial charge in [-0.15, -0.1) is 11.3 Å². The highest BCUT2D eigenvalue weighted by molar-refractivity contribution is 7.13. The van der Waals surface area contributed by atoms with E-state index in [1.807, 2.05) is 13.0 Å². The van der Waals surface area contributed by atoms with Gasteiger partial charge in [-0.2, -0.15) is 0 Å². The average Bonchev–Trinajstić information content (AvgIpc) is 3.05. The topological polar surface area (TPSA) is 75.4 Å². The van der Waals surface area contributed by atoms with E-state index in [9.17, 15) is 4.79 Å². The molecule has 0 saturated heterocycles. The Labute approximate surface area is 115 Å². The van der Waals surface area contributed by atoms with Crippen LogP contribution in [0.3, 0.4) is 0 Å². The van der Waals surface area contributed by atoms with Crippen LogP contribution >= 0.6 is 11.3 Å². The van der Waals surface area contributed by atoms with Gasteiger partial charge in [-0.25, -0.2) is 4.98 Å². The summed E-state index contributed by atoms with van der Waals surface area (Å²) in [6.45, 7) is 2.05. The summed E-state index contributed by atoms with van der Waals surface area (Å²) in [7, 11) is 0. The van der Waals surface area contributed by atoms with E-state index in [-0.39, 0.29) is 18.6 Å². The Morgan fingerprint density at radius 1 is 1.63 bits per heavy atom. The van der Waals surface area contributed by atoms with E-state index in [0.29, 0.717) is 22.9 Å². The average molecular weight is 280 g/mol.